The lowest BCUT2D eigenvalue weighted by atomic mass is 9.95. The number of hydrogen-bond donors (Lipinski definition) is 2. The van der Waals surface area contributed by atoms with E-state index in [1.54, 1.807) is 6.92 Å². The number of hydrogen-bond acceptors (Lipinski definition) is 7. The van der Waals surface area contributed by atoms with Crippen LogP contribution < -0.4 is 10.6 Å². The zero-order valence-electron chi connectivity index (χ0n) is 16.5. The monoisotopic (exact) mass is 411 g/mol. The van der Waals surface area contributed by atoms with E-state index in [0.717, 1.165) is 25.7 Å². The molecule has 2 amide bonds. The van der Waals surface area contributed by atoms with Gasteiger partial charge in [-0.3, -0.25) is 14.4 Å². The molecule has 2 rings (SSSR count). The van der Waals surface area contributed by atoms with Crippen LogP contribution in [-0.4, -0.2) is 58.0 Å². The summed E-state index contributed by atoms with van der Waals surface area (Å²) < 4.78 is 7.04. The van der Waals surface area contributed by atoms with E-state index in [9.17, 15) is 14.4 Å². The van der Waals surface area contributed by atoms with Gasteiger partial charge in [0.15, 0.2) is 5.16 Å². The molecule has 1 saturated carbocycles. The Bertz CT molecular complexity index is 673. The van der Waals surface area contributed by atoms with Crippen LogP contribution in [0, 0.1) is 0 Å². The van der Waals surface area contributed by atoms with Crippen LogP contribution in [0.3, 0.4) is 0 Å². The van der Waals surface area contributed by atoms with Crippen LogP contribution in [0.1, 0.15) is 57.8 Å². The lowest BCUT2D eigenvalue weighted by Crippen LogP contribution is -2.37. The van der Waals surface area contributed by atoms with Crippen LogP contribution in [-0.2, 0) is 25.5 Å². The van der Waals surface area contributed by atoms with Gasteiger partial charge < -0.3 is 19.9 Å². The maximum Gasteiger partial charge on any atom is 0.313 e. The highest BCUT2D eigenvalue weighted by Gasteiger charge is 2.25. The molecular weight excluding hydrogens is 382 g/mol. The van der Waals surface area contributed by atoms with E-state index in [1.807, 2.05) is 11.5 Å². The third-order valence-corrected chi connectivity index (χ3v) is 5.38. The van der Waals surface area contributed by atoms with Gasteiger partial charge in [0.25, 0.3) is 0 Å². The summed E-state index contributed by atoms with van der Waals surface area (Å²) in [6.07, 6.45) is 5.53. The number of nitrogens with zero attached hydrogens (tertiary/aromatic N) is 3. The molecule has 0 atom stereocenters. The van der Waals surface area contributed by atoms with Gasteiger partial charge >= 0.3 is 5.97 Å². The number of rotatable bonds is 10. The van der Waals surface area contributed by atoms with Crippen molar-refractivity contribution in [1.29, 1.82) is 0 Å². The molecule has 1 aromatic rings. The largest absolute Gasteiger partial charge is 0.466 e. The highest BCUT2D eigenvalue weighted by Crippen LogP contribution is 2.32. The van der Waals surface area contributed by atoms with Crippen molar-refractivity contribution in [3.63, 3.8) is 0 Å². The fourth-order valence-electron chi connectivity index (χ4n) is 3.19. The highest BCUT2D eigenvalue weighted by atomic mass is 32.2. The van der Waals surface area contributed by atoms with Crippen LogP contribution in [0.2, 0.25) is 0 Å². The van der Waals surface area contributed by atoms with E-state index in [4.69, 9.17) is 4.74 Å². The number of esters is 1. The van der Waals surface area contributed by atoms with Gasteiger partial charge in [0.2, 0.25) is 11.8 Å². The summed E-state index contributed by atoms with van der Waals surface area (Å²) in [4.78, 5) is 35.4. The number of likely N-dealkylation sites (N-methyl/N-ethyl adjacent to an activating group) is 1. The Labute approximate surface area is 169 Å². The van der Waals surface area contributed by atoms with Crippen LogP contribution in [0.5, 0.6) is 0 Å². The summed E-state index contributed by atoms with van der Waals surface area (Å²) in [6, 6.07) is 0.231. The summed E-state index contributed by atoms with van der Waals surface area (Å²) in [5.41, 5.74) is 0. The Balaban J connectivity index is 2.01. The first-order valence-corrected chi connectivity index (χ1v) is 10.8. The average molecular weight is 412 g/mol. The lowest BCUT2D eigenvalue weighted by Gasteiger charge is -2.25. The number of thioether (sulfide) groups is 1. The van der Waals surface area contributed by atoms with Crippen molar-refractivity contribution in [2.45, 2.75) is 63.6 Å². The van der Waals surface area contributed by atoms with Gasteiger partial charge in [0.05, 0.1) is 18.9 Å². The molecule has 1 aliphatic carbocycles. The van der Waals surface area contributed by atoms with E-state index in [2.05, 4.69) is 20.8 Å². The van der Waals surface area contributed by atoms with Gasteiger partial charge in [-0.2, -0.15) is 0 Å². The standard InChI is InChI=1S/C18H29N5O4S/c1-3-19-15(24)11-20-16(25)12-28-18-22-21-14(10-17(26)27-4-2)23(18)13-8-6-5-7-9-13/h13H,3-12H2,1-2H3,(H,19,24)(H,20,25). The highest BCUT2D eigenvalue weighted by molar-refractivity contribution is 7.99. The molecule has 0 saturated heterocycles. The van der Waals surface area contributed by atoms with Crippen molar-refractivity contribution in [2.75, 3.05) is 25.4 Å². The van der Waals surface area contributed by atoms with Gasteiger partial charge in [0, 0.05) is 12.6 Å². The summed E-state index contributed by atoms with van der Waals surface area (Å²) in [5.74, 6) is -0.0907. The van der Waals surface area contributed by atoms with E-state index < -0.39 is 0 Å². The first-order chi connectivity index (χ1) is 13.5. The van der Waals surface area contributed by atoms with Gasteiger partial charge in [0.1, 0.15) is 12.2 Å². The van der Waals surface area contributed by atoms with E-state index in [1.165, 1.54) is 18.2 Å². The van der Waals surface area contributed by atoms with E-state index in [-0.39, 0.29) is 42.5 Å². The summed E-state index contributed by atoms with van der Waals surface area (Å²) >= 11 is 1.27. The summed E-state index contributed by atoms with van der Waals surface area (Å²) in [6.45, 7) is 4.39. The molecule has 0 radical (unpaired) electrons. The SMILES string of the molecule is CCNC(=O)CNC(=O)CSc1nnc(CC(=O)OCC)n1C1CCCCC1. The number of carbonyl (C=O) groups is 3. The molecule has 0 bridgehead atoms. The van der Waals surface area contributed by atoms with Gasteiger partial charge in [-0.15, -0.1) is 10.2 Å². The van der Waals surface area contributed by atoms with Crippen molar-refractivity contribution in [1.82, 2.24) is 25.4 Å². The first kappa shape index (κ1) is 22.2. The summed E-state index contributed by atoms with van der Waals surface area (Å²) in [5, 5.41) is 14.2. The number of carbonyl (C=O) groups excluding carboxylic acids is 3. The molecule has 1 aliphatic rings. The minimum Gasteiger partial charge on any atom is -0.466 e. The maximum absolute atomic E-state index is 12.0. The molecule has 156 valence electrons. The van der Waals surface area contributed by atoms with Crippen molar-refractivity contribution in [2.24, 2.45) is 0 Å². The van der Waals surface area contributed by atoms with E-state index >= 15 is 0 Å². The van der Waals surface area contributed by atoms with Gasteiger partial charge in [-0.1, -0.05) is 31.0 Å². The summed E-state index contributed by atoms with van der Waals surface area (Å²) in [7, 11) is 0. The molecule has 1 heterocycles. The maximum atomic E-state index is 12.0. The molecule has 0 aromatic carbocycles. The molecular formula is C18H29N5O4S. The topological polar surface area (TPSA) is 115 Å². The third kappa shape index (κ3) is 6.81. The predicted octanol–water partition coefficient (Wildman–Crippen LogP) is 1.23. The molecule has 28 heavy (non-hydrogen) atoms. The Morgan fingerprint density at radius 1 is 1.11 bits per heavy atom. The number of ether oxygens (including phenoxy) is 1. The lowest BCUT2D eigenvalue weighted by molar-refractivity contribution is -0.142. The normalized spacial score (nSPS) is 14.5. The molecule has 1 fully saturated rings. The number of aromatic nitrogens is 3. The molecule has 2 N–H and O–H groups in total. The molecule has 0 unspecified atom stereocenters. The van der Waals surface area contributed by atoms with E-state index in [0.29, 0.717) is 24.1 Å². The Hall–Kier alpha value is -2.10. The van der Waals surface area contributed by atoms with Gasteiger partial charge in [-0.05, 0) is 26.7 Å². The Morgan fingerprint density at radius 3 is 2.54 bits per heavy atom. The number of amides is 2. The van der Waals surface area contributed by atoms with Crippen molar-refractivity contribution < 1.29 is 19.1 Å². The van der Waals surface area contributed by atoms with Crippen molar-refractivity contribution >= 4 is 29.5 Å². The Kier molecular flexibility index (Phi) is 9.26. The number of nitrogens with one attached hydrogen (secondary N) is 2. The van der Waals surface area contributed by atoms with Crippen LogP contribution >= 0.6 is 11.8 Å². The van der Waals surface area contributed by atoms with Crippen LogP contribution in [0.15, 0.2) is 5.16 Å². The fourth-order valence-corrected chi connectivity index (χ4v) is 4.05. The van der Waals surface area contributed by atoms with Crippen molar-refractivity contribution in [3.05, 3.63) is 5.82 Å². The molecule has 9 nitrogen and oxygen atoms in total. The quantitative estimate of drug-likeness (QED) is 0.439. The average Bonchev–Trinajstić information content (AvgIpc) is 3.08. The predicted molar refractivity (Wildman–Crippen MR) is 105 cm³/mol. The van der Waals surface area contributed by atoms with Crippen molar-refractivity contribution in [3.8, 4) is 0 Å². The molecule has 1 aromatic heterocycles. The zero-order valence-corrected chi connectivity index (χ0v) is 17.3. The first-order valence-electron chi connectivity index (χ1n) is 9.80. The van der Waals surface area contributed by atoms with Crippen LogP contribution in [0.4, 0.5) is 0 Å². The van der Waals surface area contributed by atoms with Crippen LogP contribution in [0.25, 0.3) is 0 Å². The molecule has 10 heteroatoms. The zero-order chi connectivity index (χ0) is 20.4. The second-order valence-corrected chi connectivity index (χ2v) is 7.50. The second-order valence-electron chi connectivity index (χ2n) is 6.56. The molecule has 0 spiro atoms. The smallest absolute Gasteiger partial charge is 0.313 e. The minimum absolute atomic E-state index is 0.0450. The third-order valence-electron chi connectivity index (χ3n) is 4.44. The minimum atomic E-state index is -0.330. The molecule has 0 aliphatic heterocycles. The Morgan fingerprint density at radius 2 is 1.86 bits per heavy atom. The fraction of sp³-hybridized carbons (Fsp3) is 0.722. The second kappa shape index (κ2) is 11.7. The van der Waals surface area contributed by atoms with Gasteiger partial charge in [-0.25, -0.2) is 0 Å².